The molecule has 2 N–H and O–H groups in total. The van der Waals surface area contributed by atoms with Crippen LogP contribution >= 0.6 is 0 Å². The number of aryl methyl sites for hydroxylation is 1. The van der Waals surface area contributed by atoms with E-state index in [1.165, 1.54) is 18.0 Å². The maximum atomic E-state index is 12.4. The zero-order chi connectivity index (χ0) is 18.5. The second kappa shape index (κ2) is 5.47. The van der Waals surface area contributed by atoms with Crippen molar-refractivity contribution in [3.8, 4) is 0 Å². The Morgan fingerprint density at radius 3 is 2.64 bits per heavy atom. The number of aromatic nitrogens is 4. The Morgan fingerprint density at radius 1 is 1.36 bits per heavy atom. The van der Waals surface area contributed by atoms with Crippen LogP contribution in [0.3, 0.4) is 0 Å². The van der Waals surface area contributed by atoms with Crippen molar-refractivity contribution < 1.29 is 19.4 Å². The van der Waals surface area contributed by atoms with Crippen molar-refractivity contribution in [1.29, 1.82) is 0 Å². The normalized spacial score (nSPS) is 11.9. The lowest BCUT2D eigenvalue weighted by Gasteiger charge is -2.24. The van der Waals surface area contributed by atoms with Gasteiger partial charge in [0.25, 0.3) is 0 Å². The van der Waals surface area contributed by atoms with Gasteiger partial charge in [-0.15, -0.1) is 0 Å². The number of imidazole rings is 1. The van der Waals surface area contributed by atoms with Gasteiger partial charge in [0.15, 0.2) is 5.82 Å². The summed E-state index contributed by atoms with van der Waals surface area (Å²) in [5.74, 6) is -0.800. The number of pyridine rings is 1. The molecule has 25 heavy (non-hydrogen) atoms. The number of nitrogens with zero attached hydrogens (tertiary/aromatic N) is 4. The zero-order valence-electron chi connectivity index (χ0n) is 14.6. The van der Waals surface area contributed by atoms with Crippen LogP contribution in [0.4, 0.5) is 10.6 Å². The van der Waals surface area contributed by atoms with E-state index in [9.17, 15) is 14.7 Å². The number of carboxylic acid groups (broad SMARTS) is 1. The van der Waals surface area contributed by atoms with Crippen LogP contribution in [0.15, 0.2) is 12.4 Å². The smallest absolute Gasteiger partial charge is 0.415 e. The fourth-order valence-electron chi connectivity index (χ4n) is 2.55. The van der Waals surface area contributed by atoms with Crippen LogP contribution in [0.2, 0.25) is 0 Å². The van der Waals surface area contributed by atoms with Crippen LogP contribution < -0.4 is 4.90 Å². The molecule has 9 nitrogen and oxygen atoms in total. The minimum absolute atomic E-state index is 0.0158. The van der Waals surface area contributed by atoms with E-state index >= 15 is 0 Å². The monoisotopic (exact) mass is 345 g/mol. The maximum Gasteiger partial charge on any atom is 0.415 e. The summed E-state index contributed by atoms with van der Waals surface area (Å²) in [5.41, 5.74) is 0.890. The molecule has 0 aliphatic heterocycles. The first-order chi connectivity index (χ1) is 11.6. The van der Waals surface area contributed by atoms with Gasteiger partial charge in [-0.3, -0.25) is 4.90 Å². The van der Waals surface area contributed by atoms with E-state index in [0.29, 0.717) is 22.1 Å². The van der Waals surface area contributed by atoms with Crippen molar-refractivity contribution in [2.24, 2.45) is 7.05 Å². The molecule has 3 aromatic rings. The lowest BCUT2D eigenvalue weighted by atomic mass is 10.2. The van der Waals surface area contributed by atoms with Crippen molar-refractivity contribution in [3.05, 3.63) is 18.1 Å². The van der Waals surface area contributed by atoms with Crippen molar-refractivity contribution in [3.63, 3.8) is 0 Å². The predicted molar refractivity (Wildman–Crippen MR) is 92.0 cm³/mol. The first-order valence-corrected chi connectivity index (χ1v) is 7.62. The Morgan fingerprint density at radius 2 is 2.04 bits per heavy atom. The van der Waals surface area contributed by atoms with Crippen LogP contribution in [-0.2, 0) is 11.8 Å². The van der Waals surface area contributed by atoms with E-state index < -0.39 is 17.7 Å². The summed E-state index contributed by atoms with van der Waals surface area (Å²) in [5, 5.41) is 9.83. The number of hydrogen-bond acceptors (Lipinski definition) is 5. The molecule has 0 saturated heterocycles. The van der Waals surface area contributed by atoms with E-state index in [1.54, 1.807) is 38.7 Å². The molecule has 0 aromatic carbocycles. The number of carbonyl (C=O) groups excluding carboxylic acids is 1. The average Bonchev–Trinajstić information content (AvgIpc) is 3.07. The molecule has 0 aliphatic rings. The van der Waals surface area contributed by atoms with E-state index in [0.717, 1.165) is 0 Å². The molecule has 3 heterocycles. The molecule has 0 fully saturated rings. The Kier molecular flexibility index (Phi) is 3.66. The van der Waals surface area contributed by atoms with Crippen LogP contribution in [0.5, 0.6) is 0 Å². The summed E-state index contributed by atoms with van der Waals surface area (Å²) in [6, 6.07) is 1.51. The number of aromatic carboxylic acids is 1. The number of nitrogens with one attached hydrogen (secondary N) is 1. The maximum absolute atomic E-state index is 12.4. The molecule has 1 amide bonds. The molecule has 132 valence electrons. The Balaban J connectivity index is 2.20. The third-order valence-electron chi connectivity index (χ3n) is 3.63. The molecule has 0 radical (unpaired) electrons. The Labute approximate surface area is 143 Å². The minimum Gasteiger partial charge on any atom is -0.477 e. The van der Waals surface area contributed by atoms with Gasteiger partial charge in [0, 0.05) is 19.5 Å². The molecule has 0 aliphatic carbocycles. The molecule has 3 aromatic heterocycles. The number of amides is 1. The number of H-pyrrole nitrogens is 1. The standard InChI is InChI=1S/C16H19N5O4/c1-16(2,3)25-15(24)21(5)13-10-11(20(4)7-17-10)8-6-9(14(22)23)18-12(8)19-13/h6-7H,1-5H3,(H,18,19)(H,22,23). The summed E-state index contributed by atoms with van der Waals surface area (Å²) in [4.78, 5) is 36.4. The first kappa shape index (κ1) is 16.7. The lowest BCUT2D eigenvalue weighted by Crippen LogP contribution is -2.34. The van der Waals surface area contributed by atoms with Gasteiger partial charge in [-0.25, -0.2) is 19.6 Å². The van der Waals surface area contributed by atoms with Gasteiger partial charge in [-0.05, 0) is 26.8 Å². The number of ether oxygens (including phenoxy) is 1. The number of fused-ring (bicyclic) bond motifs is 3. The van der Waals surface area contributed by atoms with Gasteiger partial charge in [0.2, 0.25) is 0 Å². The number of aromatic amines is 1. The van der Waals surface area contributed by atoms with Gasteiger partial charge >= 0.3 is 12.1 Å². The fourth-order valence-corrected chi connectivity index (χ4v) is 2.55. The van der Waals surface area contributed by atoms with Crippen molar-refractivity contribution >= 4 is 39.9 Å². The van der Waals surface area contributed by atoms with E-state index in [4.69, 9.17) is 4.74 Å². The summed E-state index contributed by atoms with van der Waals surface area (Å²) in [6.45, 7) is 5.32. The molecule has 0 bridgehead atoms. The molecule has 3 rings (SSSR count). The van der Waals surface area contributed by atoms with Gasteiger partial charge in [0.1, 0.15) is 22.5 Å². The Bertz CT molecular complexity index is 995. The van der Waals surface area contributed by atoms with Crippen LogP contribution in [0.1, 0.15) is 31.3 Å². The van der Waals surface area contributed by atoms with E-state index in [-0.39, 0.29) is 11.5 Å². The number of hydrogen-bond donors (Lipinski definition) is 2. The van der Waals surface area contributed by atoms with Gasteiger partial charge < -0.3 is 19.4 Å². The van der Waals surface area contributed by atoms with E-state index in [1.807, 2.05) is 0 Å². The molecule has 0 unspecified atom stereocenters. The summed E-state index contributed by atoms with van der Waals surface area (Å²) < 4.78 is 7.13. The van der Waals surface area contributed by atoms with Crippen molar-refractivity contribution in [2.45, 2.75) is 26.4 Å². The second-order valence-electron chi connectivity index (χ2n) is 6.78. The number of carboxylic acids is 1. The van der Waals surface area contributed by atoms with Crippen LogP contribution in [-0.4, -0.2) is 49.3 Å². The summed E-state index contributed by atoms with van der Waals surface area (Å²) in [7, 11) is 3.33. The molecule has 0 atom stereocenters. The van der Waals surface area contributed by atoms with Crippen molar-refractivity contribution in [2.75, 3.05) is 11.9 Å². The number of carbonyl (C=O) groups is 2. The molecule has 0 saturated carbocycles. The SMILES string of the molecule is CN(C(=O)OC(C)(C)C)c1nc2[nH]c(C(=O)O)cc2c2c1ncn2C. The van der Waals surface area contributed by atoms with Gasteiger partial charge in [-0.2, -0.15) is 0 Å². The second-order valence-corrected chi connectivity index (χ2v) is 6.78. The van der Waals surface area contributed by atoms with Crippen molar-refractivity contribution in [1.82, 2.24) is 19.5 Å². The molecular formula is C16H19N5O4. The quantitative estimate of drug-likeness (QED) is 0.738. The van der Waals surface area contributed by atoms with Crippen LogP contribution in [0, 0.1) is 0 Å². The van der Waals surface area contributed by atoms with E-state index in [2.05, 4.69) is 15.0 Å². The first-order valence-electron chi connectivity index (χ1n) is 7.62. The minimum atomic E-state index is -1.09. The highest BCUT2D eigenvalue weighted by molar-refractivity contribution is 6.10. The average molecular weight is 345 g/mol. The lowest BCUT2D eigenvalue weighted by molar-refractivity contribution is 0.0587. The third kappa shape index (κ3) is 2.88. The highest BCUT2D eigenvalue weighted by Crippen LogP contribution is 2.31. The summed E-state index contributed by atoms with van der Waals surface area (Å²) >= 11 is 0. The highest BCUT2D eigenvalue weighted by atomic mass is 16.6. The number of anilines is 1. The fraction of sp³-hybridized carbons (Fsp3) is 0.375. The van der Waals surface area contributed by atoms with Gasteiger partial charge in [-0.1, -0.05) is 0 Å². The number of rotatable bonds is 2. The Hall–Kier alpha value is -3.10. The predicted octanol–water partition coefficient (Wildman–Crippen LogP) is 2.52. The molecular weight excluding hydrogens is 326 g/mol. The summed E-state index contributed by atoms with van der Waals surface area (Å²) in [6.07, 6.45) is 1.02. The molecule has 9 heteroatoms. The topological polar surface area (TPSA) is 113 Å². The highest BCUT2D eigenvalue weighted by Gasteiger charge is 2.25. The zero-order valence-corrected chi connectivity index (χ0v) is 14.6. The largest absolute Gasteiger partial charge is 0.477 e. The van der Waals surface area contributed by atoms with Gasteiger partial charge in [0.05, 0.1) is 11.8 Å². The third-order valence-corrected chi connectivity index (χ3v) is 3.63. The molecule has 0 spiro atoms. The van der Waals surface area contributed by atoms with Crippen LogP contribution in [0.25, 0.3) is 22.1 Å².